The topological polar surface area (TPSA) is 35.2 Å². The first-order chi connectivity index (χ1) is 7.60. The fourth-order valence-corrected chi connectivity index (χ4v) is 3.04. The van der Waals surface area contributed by atoms with E-state index in [1.807, 2.05) is 0 Å². The van der Waals surface area contributed by atoms with Gasteiger partial charge >= 0.3 is 0 Å². The molecule has 0 spiro atoms. The second kappa shape index (κ2) is 4.30. The molecular formula is C13H19NOS. The minimum atomic E-state index is -0.112. The van der Waals surface area contributed by atoms with Crippen molar-refractivity contribution in [1.29, 1.82) is 0 Å². The number of benzene rings is 1. The van der Waals surface area contributed by atoms with Gasteiger partial charge in [-0.25, -0.2) is 0 Å². The Morgan fingerprint density at radius 3 is 2.50 bits per heavy atom. The fraction of sp³-hybridized carbons (Fsp3) is 0.538. The summed E-state index contributed by atoms with van der Waals surface area (Å²) in [7, 11) is 1.72. The van der Waals surface area contributed by atoms with Crippen LogP contribution in [0.3, 0.4) is 0 Å². The first kappa shape index (κ1) is 11.8. The van der Waals surface area contributed by atoms with Crippen molar-refractivity contribution in [3.8, 4) is 5.75 Å². The molecule has 1 aliphatic carbocycles. The highest BCUT2D eigenvalue weighted by molar-refractivity contribution is 7.98. The van der Waals surface area contributed by atoms with E-state index in [9.17, 15) is 0 Å². The van der Waals surface area contributed by atoms with Gasteiger partial charge < -0.3 is 10.5 Å². The van der Waals surface area contributed by atoms with E-state index in [2.05, 4.69) is 25.3 Å². The standard InChI is InChI=1S/C13H19NOS/c1-9-7-12(16-3)10(8-11(9)15-2)13(14)5-4-6-13/h7-8H,4-6,14H2,1-3H3. The van der Waals surface area contributed by atoms with Crippen LogP contribution in [0.15, 0.2) is 17.0 Å². The van der Waals surface area contributed by atoms with Crippen molar-refractivity contribution in [2.45, 2.75) is 36.6 Å². The fourth-order valence-electron chi connectivity index (χ4n) is 2.27. The Labute approximate surface area is 102 Å². The molecule has 2 nitrogen and oxygen atoms in total. The van der Waals surface area contributed by atoms with Crippen LogP contribution in [-0.4, -0.2) is 13.4 Å². The van der Waals surface area contributed by atoms with Crippen molar-refractivity contribution < 1.29 is 4.74 Å². The molecule has 0 atom stereocenters. The number of methoxy groups -OCH3 is 1. The van der Waals surface area contributed by atoms with Crippen molar-refractivity contribution >= 4 is 11.8 Å². The lowest BCUT2D eigenvalue weighted by molar-refractivity contribution is 0.248. The summed E-state index contributed by atoms with van der Waals surface area (Å²) in [6.45, 7) is 2.08. The van der Waals surface area contributed by atoms with Crippen molar-refractivity contribution in [2.24, 2.45) is 5.73 Å². The molecule has 1 aromatic rings. The van der Waals surface area contributed by atoms with Crippen LogP contribution in [0.25, 0.3) is 0 Å². The van der Waals surface area contributed by atoms with Crippen molar-refractivity contribution in [2.75, 3.05) is 13.4 Å². The number of ether oxygens (including phenoxy) is 1. The summed E-state index contributed by atoms with van der Waals surface area (Å²) in [4.78, 5) is 1.29. The van der Waals surface area contributed by atoms with E-state index < -0.39 is 0 Å². The first-order valence-corrected chi connectivity index (χ1v) is 6.85. The molecule has 0 radical (unpaired) electrons. The van der Waals surface area contributed by atoms with Crippen LogP contribution in [0.2, 0.25) is 0 Å². The summed E-state index contributed by atoms with van der Waals surface area (Å²) in [6.07, 6.45) is 5.52. The number of aryl methyl sites for hydroxylation is 1. The molecule has 88 valence electrons. The maximum absolute atomic E-state index is 6.41. The van der Waals surface area contributed by atoms with Crippen LogP contribution < -0.4 is 10.5 Å². The lowest BCUT2D eigenvalue weighted by Gasteiger charge is -2.40. The molecule has 1 saturated carbocycles. The van der Waals surface area contributed by atoms with E-state index >= 15 is 0 Å². The van der Waals surface area contributed by atoms with Crippen molar-refractivity contribution in [3.63, 3.8) is 0 Å². The molecule has 0 amide bonds. The smallest absolute Gasteiger partial charge is 0.122 e. The maximum atomic E-state index is 6.41. The highest BCUT2D eigenvalue weighted by atomic mass is 32.2. The largest absolute Gasteiger partial charge is 0.496 e. The van der Waals surface area contributed by atoms with Gasteiger partial charge in [-0.15, -0.1) is 11.8 Å². The number of nitrogens with two attached hydrogens (primary N) is 1. The lowest BCUT2D eigenvalue weighted by atomic mass is 9.72. The third kappa shape index (κ3) is 1.82. The molecule has 2 N–H and O–H groups in total. The van der Waals surface area contributed by atoms with Gasteiger partial charge in [0.1, 0.15) is 5.75 Å². The number of hydrogen-bond donors (Lipinski definition) is 1. The summed E-state index contributed by atoms with van der Waals surface area (Å²) in [6, 6.07) is 4.31. The average Bonchev–Trinajstić information content (AvgIpc) is 2.25. The van der Waals surface area contributed by atoms with Crippen LogP contribution in [0.1, 0.15) is 30.4 Å². The SMILES string of the molecule is COc1cc(C2(N)CCC2)c(SC)cc1C. The molecule has 0 heterocycles. The zero-order valence-electron chi connectivity index (χ0n) is 10.2. The van der Waals surface area contributed by atoms with Crippen molar-refractivity contribution in [1.82, 2.24) is 0 Å². The summed E-state index contributed by atoms with van der Waals surface area (Å²) in [5.41, 5.74) is 8.73. The van der Waals surface area contributed by atoms with Crippen molar-refractivity contribution in [3.05, 3.63) is 23.3 Å². The van der Waals surface area contributed by atoms with E-state index in [0.29, 0.717) is 0 Å². The Balaban J connectivity index is 2.49. The predicted molar refractivity (Wildman–Crippen MR) is 69.2 cm³/mol. The summed E-state index contributed by atoms with van der Waals surface area (Å²) in [5.74, 6) is 0.949. The average molecular weight is 237 g/mol. The molecular weight excluding hydrogens is 218 g/mol. The Hall–Kier alpha value is -0.670. The number of rotatable bonds is 3. The van der Waals surface area contributed by atoms with E-state index in [0.717, 1.165) is 18.6 Å². The Kier molecular flexibility index (Phi) is 3.17. The normalized spacial score (nSPS) is 18.0. The second-order valence-corrected chi connectivity index (χ2v) is 5.38. The molecule has 1 aromatic carbocycles. The molecule has 0 bridgehead atoms. The zero-order valence-corrected chi connectivity index (χ0v) is 11.0. The van der Waals surface area contributed by atoms with Crippen LogP contribution in [-0.2, 0) is 5.54 Å². The molecule has 3 heteroatoms. The van der Waals surface area contributed by atoms with E-state index in [1.165, 1.54) is 22.4 Å². The molecule has 0 saturated heterocycles. The van der Waals surface area contributed by atoms with Crippen LogP contribution in [0.5, 0.6) is 5.75 Å². The van der Waals surface area contributed by atoms with E-state index in [-0.39, 0.29) is 5.54 Å². The summed E-state index contributed by atoms with van der Waals surface area (Å²) in [5, 5.41) is 0. The van der Waals surface area contributed by atoms with Gasteiger partial charge in [0.25, 0.3) is 0 Å². The number of hydrogen-bond acceptors (Lipinski definition) is 3. The molecule has 0 unspecified atom stereocenters. The highest BCUT2D eigenvalue weighted by Crippen LogP contribution is 2.44. The minimum Gasteiger partial charge on any atom is -0.496 e. The molecule has 1 fully saturated rings. The summed E-state index contributed by atoms with van der Waals surface area (Å²) >= 11 is 1.77. The third-order valence-electron chi connectivity index (χ3n) is 3.50. The van der Waals surface area contributed by atoms with E-state index in [1.54, 1.807) is 18.9 Å². The van der Waals surface area contributed by atoms with Gasteiger partial charge in [0.2, 0.25) is 0 Å². The highest BCUT2D eigenvalue weighted by Gasteiger charge is 2.36. The van der Waals surface area contributed by atoms with Gasteiger partial charge in [-0.3, -0.25) is 0 Å². The minimum absolute atomic E-state index is 0.112. The van der Waals surface area contributed by atoms with Gasteiger partial charge in [-0.2, -0.15) is 0 Å². The Morgan fingerprint density at radius 1 is 1.38 bits per heavy atom. The Bertz CT molecular complexity index is 399. The first-order valence-electron chi connectivity index (χ1n) is 5.63. The van der Waals surface area contributed by atoms with Crippen LogP contribution in [0, 0.1) is 6.92 Å². The van der Waals surface area contributed by atoms with Gasteiger partial charge in [-0.1, -0.05) is 0 Å². The second-order valence-electron chi connectivity index (χ2n) is 4.53. The number of thioether (sulfide) groups is 1. The van der Waals surface area contributed by atoms with Gasteiger partial charge in [-0.05, 0) is 55.7 Å². The Morgan fingerprint density at radius 2 is 2.06 bits per heavy atom. The van der Waals surface area contributed by atoms with Gasteiger partial charge in [0, 0.05) is 10.4 Å². The van der Waals surface area contributed by atoms with Gasteiger partial charge in [0.15, 0.2) is 0 Å². The quantitative estimate of drug-likeness (QED) is 0.821. The molecule has 1 aliphatic rings. The summed E-state index contributed by atoms with van der Waals surface area (Å²) < 4.78 is 5.38. The monoisotopic (exact) mass is 237 g/mol. The maximum Gasteiger partial charge on any atom is 0.122 e. The molecule has 16 heavy (non-hydrogen) atoms. The predicted octanol–water partition coefficient (Wildman–Crippen LogP) is 3.06. The van der Waals surface area contributed by atoms with Gasteiger partial charge in [0.05, 0.1) is 7.11 Å². The lowest BCUT2D eigenvalue weighted by Crippen LogP contribution is -2.43. The van der Waals surface area contributed by atoms with Crippen LogP contribution >= 0.6 is 11.8 Å². The van der Waals surface area contributed by atoms with E-state index in [4.69, 9.17) is 10.5 Å². The molecule has 0 aromatic heterocycles. The third-order valence-corrected chi connectivity index (χ3v) is 4.28. The molecule has 2 rings (SSSR count). The van der Waals surface area contributed by atoms with Crippen LogP contribution in [0.4, 0.5) is 0 Å². The molecule has 0 aliphatic heterocycles. The zero-order chi connectivity index (χ0) is 11.8.